The first-order valence-corrected chi connectivity index (χ1v) is 10.3. The standard InChI is InChI=1S/C24H24N4O4/c1-31-21-10-6-5-9-19(21)23(30)27-24-25-13-18-14-28(12-11-20(18)26-24)22(29)16-32-15-17-7-3-2-4-8-17/h2-10,14H,11-13,15-16H2,1H3,(H,25,27,30). The predicted octanol–water partition coefficient (Wildman–Crippen LogP) is 2.57. The number of carbonyl (C=O) groups excluding carboxylic acids is 2. The van der Waals surface area contributed by atoms with Crippen molar-refractivity contribution in [3.8, 4) is 5.75 Å². The van der Waals surface area contributed by atoms with E-state index in [1.165, 1.54) is 7.11 Å². The molecule has 32 heavy (non-hydrogen) atoms. The Hall–Kier alpha value is -3.78. The number of ether oxygens (including phenoxy) is 2. The number of nitrogens with zero attached hydrogens (tertiary/aromatic N) is 3. The van der Waals surface area contributed by atoms with Crippen molar-refractivity contribution in [2.75, 3.05) is 26.8 Å². The minimum absolute atomic E-state index is 0.00857. The van der Waals surface area contributed by atoms with E-state index in [-0.39, 0.29) is 24.4 Å². The van der Waals surface area contributed by atoms with Crippen LogP contribution >= 0.6 is 0 Å². The Bertz CT molecular complexity index is 1090. The molecule has 0 radical (unpaired) electrons. The molecule has 0 unspecified atom stereocenters. The van der Waals surface area contributed by atoms with Gasteiger partial charge in [0.1, 0.15) is 12.4 Å². The van der Waals surface area contributed by atoms with E-state index in [2.05, 4.69) is 15.3 Å². The number of carbonyl (C=O) groups is 2. The largest absolute Gasteiger partial charge is 0.496 e. The molecule has 0 bridgehead atoms. The van der Waals surface area contributed by atoms with Gasteiger partial charge in [0.05, 0.1) is 31.5 Å². The quantitative estimate of drug-likeness (QED) is 0.759. The van der Waals surface area contributed by atoms with Gasteiger partial charge in [-0.2, -0.15) is 0 Å². The lowest BCUT2D eigenvalue weighted by molar-refractivity contribution is -0.134. The first-order valence-electron chi connectivity index (χ1n) is 10.3. The Morgan fingerprint density at radius 2 is 1.88 bits per heavy atom. The molecule has 0 atom stereocenters. The van der Waals surface area contributed by atoms with Gasteiger partial charge in [-0.1, -0.05) is 42.5 Å². The Morgan fingerprint density at radius 3 is 2.69 bits per heavy atom. The predicted molar refractivity (Wildman–Crippen MR) is 121 cm³/mol. The first-order chi connectivity index (χ1) is 15.6. The number of methoxy groups -OCH3 is 1. The van der Waals surface area contributed by atoms with E-state index in [1.54, 1.807) is 35.4 Å². The summed E-state index contributed by atoms with van der Waals surface area (Å²) in [5, 5.41) is 2.74. The van der Waals surface area contributed by atoms with Gasteiger partial charge < -0.3 is 14.4 Å². The molecule has 2 aliphatic rings. The van der Waals surface area contributed by atoms with Gasteiger partial charge in [0.15, 0.2) is 0 Å². The average molecular weight is 432 g/mol. The lowest BCUT2D eigenvalue weighted by Crippen LogP contribution is -2.39. The molecule has 1 N–H and O–H groups in total. The first kappa shape index (κ1) is 21.5. The number of aliphatic imine (C=N–C) groups is 2. The van der Waals surface area contributed by atoms with Gasteiger partial charge in [-0.3, -0.25) is 14.9 Å². The highest BCUT2D eigenvalue weighted by atomic mass is 16.5. The Morgan fingerprint density at radius 1 is 1.09 bits per heavy atom. The zero-order valence-electron chi connectivity index (χ0n) is 17.8. The molecule has 0 saturated carbocycles. The molecule has 8 heteroatoms. The molecule has 2 aliphatic heterocycles. The van der Waals surface area contributed by atoms with Gasteiger partial charge in [0, 0.05) is 24.7 Å². The van der Waals surface area contributed by atoms with Gasteiger partial charge in [-0.25, -0.2) is 9.98 Å². The van der Waals surface area contributed by atoms with Gasteiger partial charge in [0.25, 0.3) is 11.8 Å². The maximum Gasteiger partial charge on any atom is 0.261 e. The van der Waals surface area contributed by atoms with Crippen LogP contribution in [0.4, 0.5) is 0 Å². The van der Waals surface area contributed by atoms with Crippen molar-refractivity contribution in [3.63, 3.8) is 0 Å². The van der Waals surface area contributed by atoms with Crippen LogP contribution in [0.15, 0.2) is 76.4 Å². The minimum atomic E-state index is -0.332. The van der Waals surface area contributed by atoms with E-state index in [0.717, 1.165) is 16.8 Å². The molecular weight excluding hydrogens is 408 g/mol. The molecule has 2 aromatic carbocycles. The molecule has 0 aliphatic carbocycles. The smallest absolute Gasteiger partial charge is 0.261 e. The lowest BCUT2D eigenvalue weighted by atomic mass is 10.0. The average Bonchev–Trinajstić information content (AvgIpc) is 2.84. The van der Waals surface area contributed by atoms with E-state index in [1.807, 2.05) is 30.3 Å². The molecule has 2 aromatic rings. The monoisotopic (exact) mass is 432 g/mol. The van der Waals surface area contributed by atoms with Crippen LogP contribution < -0.4 is 10.1 Å². The van der Waals surface area contributed by atoms with Gasteiger partial charge >= 0.3 is 0 Å². The SMILES string of the molecule is COc1ccccc1C(=O)NC1=NCC2=CN(C(=O)COCc3ccccc3)CCC2=N1. The fourth-order valence-electron chi connectivity index (χ4n) is 3.48. The summed E-state index contributed by atoms with van der Waals surface area (Å²) in [7, 11) is 1.52. The fraction of sp³-hybridized carbons (Fsp3) is 0.250. The summed E-state index contributed by atoms with van der Waals surface area (Å²) < 4.78 is 10.8. The maximum absolute atomic E-state index is 12.6. The molecule has 2 heterocycles. The van der Waals surface area contributed by atoms with E-state index >= 15 is 0 Å². The zero-order valence-corrected chi connectivity index (χ0v) is 17.8. The summed E-state index contributed by atoms with van der Waals surface area (Å²) in [6.07, 6.45) is 2.36. The van der Waals surface area contributed by atoms with Crippen molar-refractivity contribution in [2.45, 2.75) is 13.0 Å². The number of rotatable bonds is 6. The number of hydrogen-bond acceptors (Lipinski definition) is 6. The van der Waals surface area contributed by atoms with Crippen LogP contribution in [0.2, 0.25) is 0 Å². The molecule has 164 valence electrons. The van der Waals surface area contributed by atoms with Crippen LogP contribution in [0, 0.1) is 0 Å². The van der Waals surface area contributed by atoms with Gasteiger partial charge in [0.2, 0.25) is 5.96 Å². The number of hydrogen-bond donors (Lipinski definition) is 1. The number of benzene rings is 2. The van der Waals surface area contributed by atoms with Crippen molar-refractivity contribution in [3.05, 3.63) is 77.5 Å². The highest BCUT2D eigenvalue weighted by molar-refractivity contribution is 6.15. The second kappa shape index (κ2) is 10.0. The summed E-state index contributed by atoms with van der Waals surface area (Å²) >= 11 is 0. The highest BCUT2D eigenvalue weighted by Crippen LogP contribution is 2.19. The van der Waals surface area contributed by atoms with Crippen molar-refractivity contribution in [1.82, 2.24) is 10.2 Å². The molecular formula is C24H24N4O4. The maximum atomic E-state index is 12.6. The number of fused-ring (bicyclic) bond motifs is 1. The van der Waals surface area contributed by atoms with Crippen LogP contribution in [0.3, 0.4) is 0 Å². The molecule has 0 spiro atoms. The summed E-state index contributed by atoms with van der Waals surface area (Å²) in [4.78, 5) is 35.5. The van der Waals surface area contributed by atoms with Crippen molar-refractivity contribution in [1.29, 1.82) is 0 Å². The fourth-order valence-corrected chi connectivity index (χ4v) is 3.48. The second-order valence-corrected chi connectivity index (χ2v) is 7.32. The third kappa shape index (κ3) is 5.09. The summed E-state index contributed by atoms with van der Waals surface area (Å²) in [5.41, 5.74) is 3.12. The lowest BCUT2D eigenvalue weighted by Gasteiger charge is -2.27. The van der Waals surface area contributed by atoms with E-state index in [9.17, 15) is 9.59 Å². The third-order valence-electron chi connectivity index (χ3n) is 5.15. The van der Waals surface area contributed by atoms with E-state index in [0.29, 0.717) is 37.4 Å². The number of amides is 2. The number of nitrogens with one attached hydrogen (secondary N) is 1. The van der Waals surface area contributed by atoms with Gasteiger partial charge in [-0.15, -0.1) is 0 Å². The van der Waals surface area contributed by atoms with Crippen LogP contribution in [0.5, 0.6) is 5.75 Å². The summed E-state index contributed by atoms with van der Waals surface area (Å²) in [5.74, 6) is 0.308. The normalized spacial score (nSPS) is 15.2. The number of guanidine groups is 1. The molecule has 0 fully saturated rings. The van der Waals surface area contributed by atoms with Crippen LogP contribution in [-0.4, -0.2) is 55.2 Å². The molecule has 2 amide bonds. The van der Waals surface area contributed by atoms with E-state index in [4.69, 9.17) is 9.47 Å². The van der Waals surface area contributed by atoms with Crippen LogP contribution in [-0.2, 0) is 16.1 Å². The topological polar surface area (TPSA) is 92.6 Å². The third-order valence-corrected chi connectivity index (χ3v) is 5.15. The van der Waals surface area contributed by atoms with Crippen molar-refractivity contribution < 1.29 is 19.1 Å². The molecule has 0 aromatic heterocycles. The summed E-state index contributed by atoms with van der Waals surface area (Å²) in [6, 6.07) is 16.7. The van der Waals surface area contributed by atoms with Crippen molar-refractivity contribution >= 4 is 23.5 Å². The van der Waals surface area contributed by atoms with Crippen molar-refractivity contribution in [2.24, 2.45) is 9.98 Å². The summed E-state index contributed by atoms with van der Waals surface area (Å²) in [6.45, 7) is 1.25. The van der Waals surface area contributed by atoms with Crippen LogP contribution in [0.1, 0.15) is 22.3 Å². The Labute approximate surface area is 186 Å². The molecule has 0 saturated heterocycles. The Balaban J connectivity index is 1.33. The minimum Gasteiger partial charge on any atom is -0.496 e. The number of para-hydroxylation sites is 1. The van der Waals surface area contributed by atoms with Crippen LogP contribution in [0.25, 0.3) is 0 Å². The molecule has 4 rings (SSSR count). The zero-order chi connectivity index (χ0) is 22.3. The highest BCUT2D eigenvalue weighted by Gasteiger charge is 2.24. The Kier molecular flexibility index (Phi) is 6.72. The molecule has 8 nitrogen and oxygen atoms in total. The second-order valence-electron chi connectivity index (χ2n) is 7.32. The van der Waals surface area contributed by atoms with E-state index < -0.39 is 0 Å². The van der Waals surface area contributed by atoms with Gasteiger partial charge in [-0.05, 0) is 17.7 Å².